The zero-order valence-corrected chi connectivity index (χ0v) is 13.6. The number of nitriles is 1. The summed E-state index contributed by atoms with van der Waals surface area (Å²) in [5.41, 5.74) is 1.78. The van der Waals surface area contributed by atoms with Crippen molar-refractivity contribution in [1.82, 2.24) is 0 Å². The Labute approximate surface area is 145 Å². The molecule has 0 atom stereocenters. The minimum atomic E-state index is -0.639. The van der Waals surface area contributed by atoms with Gasteiger partial charge in [0.05, 0.1) is 24.4 Å². The summed E-state index contributed by atoms with van der Waals surface area (Å²) < 4.78 is 10.0. The van der Waals surface area contributed by atoms with Crippen LogP contribution in [0.25, 0.3) is 6.08 Å². The molecule has 0 fully saturated rings. The number of esters is 1. The Balaban J connectivity index is 1.83. The van der Waals surface area contributed by atoms with Crippen molar-refractivity contribution in [3.8, 4) is 11.8 Å². The van der Waals surface area contributed by atoms with Crippen molar-refractivity contribution in [3.05, 3.63) is 65.7 Å². The van der Waals surface area contributed by atoms with Crippen LogP contribution in [-0.2, 0) is 14.3 Å². The van der Waals surface area contributed by atoms with Gasteiger partial charge in [-0.1, -0.05) is 24.3 Å². The molecule has 0 saturated heterocycles. The van der Waals surface area contributed by atoms with Gasteiger partial charge in [0, 0.05) is 6.08 Å². The fourth-order valence-corrected chi connectivity index (χ4v) is 1.95. The molecule has 0 radical (unpaired) electrons. The predicted molar refractivity (Wildman–Crippen MR) is 92.8 cm³/mol. The number of para-hydroxylation sites is 2. The summed E-state index contributed by atoms with van der Waals surface area (Å²) in [6.07, 6.45) is 2.76. The second-order valence-corrected chi connectivity index (χ2v) is 4.92. The second-order valence-electron chi connectivity index (χ2n) is 4.92. The Bertz CT molecular complexity index is 820. The van der Waals surface area contributed by atoms with Gasteiger partial charge in [0.15, 0.2) is 6.61 Å². The Kier molecular flexibility index (Phi) is 6.32. The molecule has 0 aromatic heterocycles. The SMILES string of the molecule is COc1ccccc1NC(=O)COC(=O)/C=C/c1ccc(C#N)cc1. The second kappa shape index (κ2) is 8.89. The van der Waals surface area contributed by atoms with Crippen LogP contribution in [0.15, 0.2) is 54.6 Å². The Hall–Kier alpha value is -3.59. The molecule has 0 aliphatic carbocycles. The fourth-order valence-electron chi connectivity index (χ4n) is 1.95. The molecule has 2 aromatic carbocycles. The number of ether oxygens (including phenoxy) is 2. The third kappa shape index (κ3) is 5.52. The first-order chi connectivity index (χ1) is 12.1. The smallest absolute Gasteiger partial charge is 0.331 e. The largest absolute Gasteiger partial charge is 0.495 e. The van der Waals surface area contributed by atoms with E-state index in [-0.39, 0.29) is 0 Å². The van der Waals surface area contributed by atoms with E-state index in [1.807, 2.05) is 6.07 Å². The zero-order valence-electron chi connectivity index (χ0n) is 13.6. The average molecular weight is 336 g/mol. The average Bonchev–Trinajstić information content (AvgIpc) is 2.65. The van der Waals surface area contributed by atoms with Crippen molar-refractivity contribution >= 4 is 23.6 Å². The Morgan fingerprint density at radius 2 is 1.88 bits per heavy atom. The van der Waals surface area contributed by atoms with Crippen molar-refractivity contribution in [2.75, 3.05) is 19.0 Å². The first kappa shape index (κ1) is 17.8. The lowest BCUT2D eigenvalue weighted by Gasteiger charge is -2.09. The molecular weight excluding hydrogens is 320 g/mol. The van der Waals surface area contributed by atoms with Gasteiger partial charge in [-0.3, -0.25) is 4.79 Å². The number of rotatable bonds is 6. The molecule has 0 aliphatic heterocycles. The Morgan fingerprint density at radius 1 is 1.16 bits per heavy atom. The molecule has 25 heavy (non-hydrogen) atoms. The van der Waals surface area contributed by atoms with Gasteiger partial charge in [-0.15, -0.1) is 0 Å². The molecule has 0 bridgehead atoms. The van der Waals surface area contributed by atoms with Gasteiger partial charge in [0.25, 0.3) is 5.91 Å². The van der Waals surface area contributed by atoms with Gasteiger partial charge in [-0.05, 0) is 35.9 Å². The van der Waals surface area contributed by atoms with Crippen LogP contribution in [0.1, 0.15) is 11.1 Å². The molecule has 0 unspecified atom stereocenters. The zero-order chi connectivity index (χ0) is 18.1. The third-order valence-corrected chi connectivity index (χ3v) is 3.18. The highest BCUT2D eigenvalue weighted by atomic mass is 16.5. The van der Waals surface area contributed by atoms with E-state index in [1.165, 1.54) is 13.2 Å². The van der Waals surface area contributed by atoms with E-state index in [1.54, 1.807) is 54.6 Å². The van der Waals surface area contributed by atoms with Crippen LogP contribution in [-0.4, -0.2) is 25.6 Å². The number of benzene rings is 2. The summed E-state index contributed by atoms with van der Waals surface area (Å²) in [5, 5.41) is 11.3. The highest BCUT2D eigenvalue weighted by Gasteiger charge is 2.08. The van der Waals surface area contributed by atoms with Crippen molar-refractivity contribution in [2.24, 2.45) is 0 Å². The van der Waals surface area contributed by atoms with Crippen LogP contribution in [0.4, 0.5) is 5.69 Å². The lowest BCUT2D eigenvalue weighted by atomic mass is 10.1. The molecule has 2 aromatic rings. The number of methoxy groups -OCH3 is 1. The molecule has 6 heteroatoms. The number of nitrogens with one attached hydrogen (secondary N) is 1. The van der Waals surface area contributed by atoms with E-state index in [0.717, 1.165) is 5.56 Å². The number of hydrogen-bond acceptors (Lipinski definition) is 5. The number of carbonyl (C=O) groups excluding carboxylic acids is 2. The molecule has 0 heterocycles. The van der Waals surface area contributed by atoms with Crippen molar-refractivity contribution in [1.29, 1.82) is 5.26 Å². The quantitative estimate of drug-likeness (QED) is 0.647. The Morgan fingerprint density at radius 3 is 2.56 bits per heavy atom. The van der Waals surface area contributed by atoms with Crippen LogP contribution in [0.3, 0.4) is 0 Å². The molecule has 126 valence electrons. The lowest BCUT2D eigenvalue weighted by Crippen LogP contribution is -2.20. The van der Waals surface area contributed by atoms with Gasteiger partial charge in [0.2, 0.25) is 0 Å². The molecule has 0 spiro atoms. The number of anilines is 1. The van der Waals surface area contributed by atoms with Gasteiger partial charge < -0.3 is 14.8 Å². The molecule has 1 N–H and O–H groups in total. The van der Waals surface area contributed by atoms with E-state index in [9.17, 15) is 9.59 Å². The van der Waals surface area contributed by atoms with Crippen molar-refractivity contribution in [2.45, 2.75) is 0 Å². The standard InChI is InChI=1S/C19H16N2O4/c1-24-17-5-3-2-4-16(17)21-18(22)13-25-19(23)11-10-14-6-8-15(12-20)9-7-14/h2-11H,13H2,1H3,(H,21,22)/b11-10+. The molecule has 1 amide bonds. The first-order valence-electron chi connectivity index (χ1n) is 7.40. The van der Waals surface area contributed by atoms with E-state index < -0.39 is 18.5 Å². The fraction of sp³-hybridized carbons (Fsp3) is 0.105. The van der Waals surface area contributed by atoms with Crippen LogP contribution in [0.5, 0.6) is 5.75 Å². The summed E-state index contributed by atoms with van der Waals surface area (Å²) in [7, 11) is 1.50. The van der Waals surface area contributed by atoms with Gasteiger partial charge in [-0.2, -0.15) is 5.26 Å². The van der Waals surface area contributed by atoms with E-state index >= 15 is 0 Å². The topological polar surface area (TPSA) is 88.4 Å². The molecular formula is C19H16N2O4. The lowest BCUT2D eigenvalue weighted by molar-refractivity contribution is -0.142. The maximum absolute atomic E-state index is 11.8. The van der Waals surface area contributed by atoms with Gasteiger partial charge in [0.1, 0.15) is 5.75 Å². The van der Waals surface area contributed by atoms with Crippen molar-refractivity contribution in [3.63, 3.8) is 0 Å². The summed E-state index contributed by atoms with van der Waals surface area (Å²) in [6, 6.07) is 15.6. The molecule has 0 saturated carbocycles. The minimum Gasteiger partial charge on any atom is -0.495 e. The van der Waals surface area contributed by atoms with Crippen molar-refractivity contribution < 1.29 is 19.1 Å². The third-order valence-electron chi connectivity index (χ3n) is 3.18. The molecule has 2 rings (SSSR count). The summed E-state index contributed by atoms with van der Waals surface area (Å²) in [5.74, 6) is -0.591. The highest BCUT2D eigenvalue weighted by molar-refractivity contribution is 5.95. The predicted octanol–water partition coefficient (Wildman–Crippen LogP) is 2.76. The monoisotopic (exact) mass is 336 g/mol. The number of amides is 1. The normalized spacial score (nSPS) is 10.1. The maximum Gasteiger partial charge on any atom is 0.331 e. The van der Waals surface area contributed by atoms with Crippen LogP contribution in [0.2, 0.25) is 0 Å². The molecule has 6 nitrogen and oxygen atoms in total. The number of hydrogen-bond donors (Lipinski definition) is 1. The van der Waals surface area contributed by atoms with Crippen LogP contribution < -0.4 is 10.1 Å². The maximum atomic E-state index is 11.8. The van der Waals surface area contributed by atoms with Crippen LogP contribution in [0, 0.1) is 11.3 Å². The van der Waals surface area contributed by atoms with E-state index in [4.69, 9.17) is 14.7 Å². The minimum absolute atomic E-state index is 0.408. The van der Waals surface area contributed by atoms with Gasteiger partial charge in [-0.25, -0.2) is 4.79 Å². The van der Waals surface area contributed by atoms with Crippen LogP contribution >= 0.6 is 0 Å². The van der Waals surface area contributed by atoms with E-state index in [0.29, 0.717) is 17.0 Å². The highest BCUT2D eigenvalue weighted by Crippen LogP contribution is 2.22. The number of carbonyl (C=O) groups is 2. The first-order valence-corrected chi connectivity index (χ1v) is 7.40. The van der Waals surface area contributed by atoms with Gasteiger partial charge >= 0.3 is 5.97 Å². The summed E-state index contributed by atoms with van der Waals surface area (Å²) in [4.78, 5) is 23.5. The molecule has 0 aliphatic rings. The summed E-state index contributed by atoms with van der Waals surface area (Å²) in [6.45, 7) is -0.408. The van der Waals surface area contributed by atoms with E-state index in [2.05, 4.69) is 5.32 Å². The summed E-state index contributed by atoms with van der Waals surface area (Å²) >= 11 is 0. The number of nitrogens with zero attached hydrogens (tertiary/aromatic N) is 1.